The van der Waals surface area contributed by atoms with Gasteiger partial charge in [0, 0.05) is 12.7 Å². The largest absolute Gasteiger partial charge is 0.480 e. The summed E-state index contributed by atoms with van der Waals surface area (Å²) in [6.45, 7) is 5.64. The molecule has 7 nitrogen and oxygen atoms in total. The van der Waals surface area contributed by atoms with Gasteiger partial charge in [0.1, 0.15) is 11.4 Å². The van der Waals surface area contributed by atoms with Gasteiger partial charge in [-0.1, -0.05) is 20.8 Å². The van der Waals surface area contributed by atoms with Gasteiger partial charge in [-0.3, -0.25) is 9.48 Å². The SMILES string of the molecule is CC(C)(C)CNS(=O)(=O)c1cnn(CC(=O)O)c1. The number of hydrogen-bond acceptors (Lipinski definition) is 4. The van der Waals surface area contributed by atoms with Crippen LogP contribution < -0.4 is 4.72 Å². The molecule has 0 aliphatic carbocycles. The van der Waals surface area contributed by atoms with Gasteiger partial charge >= 0.3 is 5.97 Å². The number of nitrogens with one attached hydrogen (secondary N) is 1. The summed E-state index contributed by atoms with van der Waals surface area (Å²) in [5, 5.41) is 12.2. The van der Waals surface area contributed by atoms with E-state index in [-0.39, 0.29) is 16.9 Å². The van der Waals surface area contributed by atoms with Crippen LogP contribution in [0.5, 0.6) is 0 Å². The molecule has 0 fully saturated rings. The summed E-state index contributed by atoms with van der Waals surface area (Å²) >= 11 is 0. The average molecular weight is 275 g/mol. The normalized spacial score (nSPS) is 12.6. The van der Waals surface area contributed by atoms with Crippen LogP contribution in [0, 0.1) is 5.41 Å². The molecule has 0 saturated carbocycles. The van der Waals surface area contributed by atoms with Crippen molar-refractivity contribution >= 4 is 16.0 Å². The maximum Gasteiger partial charge on any atom is 0.325 e. The Kier molecular flexibility index (Phi) is 4.12. The fourth-order valence-corrected chi connectivity index (χ4v) is 2.34. The molecule has 0 radical (unpaired) electrons. The molecule has 0 aromatic carbocycles. The Labute approximate surface area is 106 Å². The molecule has 102 valence electrons. The van der Waals surface area contributed by atoms with Crippen LogP contribution in [0.2, 0.25) is 0 Å². The molecular formula is C10H17N3O4S. The number of aliphatic carboxylic acids is 1. The van der Waals surface area contributed by atoms with Crippen LogP contribution in [0.25, 0.3) is 0 Å². The molecule has 8 heteroatoms. The molecule has 1 rings (SSSR count). The third-order valence-corrected chi connectivity index (χ3v) is 3.37. The first-order chi connectivity index (χ1) is 8.10. The van der Waals surface area contributed by atoms with Crippen LogP contribution in [0.4, 0.5) is 0 Å². The van der Waals surface area contributed by atoms with Crippen molar-refractivity contribution in [3.63, 3.8) is 0 Å². The summed E-state index contributed by atoms with van der Waals surface area (Å²) in [7, 11) is -3.63. The molecule has 0 amide bonds. The Morgan fingerprint density at radius 1 is 1.50 bits per heavy atom. The second-order valence-corrected chi connectivity index (χ2v) is 6.92. The Bertz CT molecular complexity index is 528. The van der Waals surface area contributed by atoms with E-state index in [1.54, 1.807) is 0 Å². The third kappa shape index (κ3) is 4.46. The number of carboxylic acids is 1. The quantitative estimate of drug-likeness (QED) is 0.804. The predicted molar refractivity (Wildman–Crippen MR) is 64.5 cm³/mol. The molecule has 18 heavy (non-hydrogen) atoms. The number of hydrogen-bond donors (Lipinski definition) is 2. The van der Waals surface area contributed by atoms with Gasteiger partial charge in [-0.15, -0.1) is 0 Å². The van der Waals surface area contributed by atoms with Gasteiger partial charge in [-0.25, -0.2) is 13.1 Å². The van der Waals surface area contributed by atoms with Crippen molar-refractivity contribution in [2.45, 2.75) is 32.2 Å². The molecule has 0 spiro atoms. The minimum atomic E-state index is -3.63. The first-order valence-corrected chi connectivity index (χ1v) is 6.82. The topological polar surface area (TPSA) is 101 Å². The number of sulfonamides is 1. The Hall–Kier alpha value is -1.41. The van der Waals surface area contributed by atoms with Crippen LogP contribution in [-0.4, -0.2) is 35.8 Å². The Morgan fingerprint density at radius 2 is 2.11 bits per heavy atom. The summed E-state index contributed by atoms with van der Waals surface area (Å²) in [4.78, 5) is 10.4. The highest BCUT2D eigenvalue weighted by atomic mass is 32.2. The number of carbonyl (C=O) groups is 1. The highest BCUT2D eigenvalue weighted by molar-refractivity contribution is 7.89. The summed E-state index contributed by atoms with van der Waals surface area (Å²) in [6, 6.07) is 0. The summed E-state index contributed by atoms with van der Waals surface area (Å²) in [5.41, 5.74) is -0.176. The van der Waals surface area contributed by atoms with Crippen molar-refractivity contribution in [2.24, 2.45) is 5.41 Å². The number of carboxylic acid groups (broad SMARTS) is 1. The van der Waals surface area contributed by atoms with Crippen LogP contribution in [0.1, 0.15) is 20.8 Å². The van der Waals surface area contributed by atoms with E-state index < -0.39 is 16.0 Å². The lowest BCUT2D eigenvalue weighted by Gasteiger charge is -2.18. The number of rotatable bonds is 5. The first-order valence-electron chi connectivity index (χ1n) is 5.34. The summed E-state index contributed by atoms with van der Waals surface area (Å²) in [5.74, 6) is -1.08. The van der Waals surface area contributed by atoms with E-state index in [0.29, 0.717) is 6.54 Å². The van der Waals surface area contributed by atoms with E-state index in [0.717, 1.165) is 10.9 Å². The fourth-order valence-electron chi connectivity index (χ4n) is 1.10. The van der Waals surface area contributed by atoms with Crippen LogP contribution >= 0.6 is 0 Å². The maximum atomic E-state index is 11.9. The lowest BCUT2D eigenvalue weighted by atomic mass is 9.98. The average Bonchev–Trinajstić information content (AvgIpc) is 2.62. The molecule has 0 bridgehead atoms. The number of aromatic nitrogens is 2. The van der Waals surface area contributed by atoms with Crippen molar-refractivity contribution in [1.82, 2.24) is 14.5 Å². The van der Waals surface area contributed by atoms with Gasteiger partial charge in [-0.2, -0.15) is 5.10 Å². The zero-order valence-electron chi connectivity index (χ0n) is 10.5. The monoisotopic (exact) mass is 275 g/mol. The Balaban J connectivity index is 2.79. The van der Waals surface area contributed by atoms with Crippen LogP contribution in [-0.2, 0) is 21.4 Å². The number of nitrogens with zero attached hydrogens (tertiary/aromatic N) is 2. The molecule has 1 heterocycles. The molecule has 0 aliphatic rings. The fraction of sp³-hybridized carbons (Fsp3) is 0.600. The molecule has 0 aliphatic heterocycles. The lowest BCUT2D eigenvalue weighted by molar-refractivity contribution is -0.137. The van der Waals surface area contributed by atoms with Crippen LogP contribution in [0.3, 0.4) is 0 Å². The summed E-state index contributed by atoms with van der Waals surface area (Å²) < 4.78 is 27.2. The molecule has 1 aromatic heterocycles. The lowest BCUT2D eigenvalue weighted by Crippen LogP contribution is -2.32. The van der Waals surface area contributed by atoms with Crippen molar-refractivity contribution < 1.29 is 18.3 Å². The standard InChI is InChI=1S/C10H17N3O4S/c1-10(2,3)7-12-18(16,17)8-4-11-13(5-8)6-9(14)15/h4-5,12H,6-7H2,1-3H3,(H,14,15). The molecular weight excluding hydrogens is 258 g/mol. The van der Waals surface area contributed by atoms with Crippen molar-refractivity contribution in [1.29, 1.82) is 0 Å². The van der Waals surface area contributed by atoms with Crippen molar-refractivity contribution in [2.75, 3.05) is 6.54 Å². The zero-order chi connectivity index (χ0) is 14.0. The Morgan fingerprint density at radius 3 is 2.61 bits per heavy atom. The highest BCUT2D eigenvalue weighted by Gasteiger charge is 2.20. The van der Waals surface area contributed by atoms with E-state index >= 15 is 0 Å². The third-order valence-electron chi connectivity index (χ3n) is 2.01. The molecule has 1 aromatic rings. The second-order valence-electron chi connectivity index (χ2n) is 5.15. The van der Waals surface area contributed by atoms with E-state index in [1.807, 2.05) is 20.8 Å². The minimum absolute atomic E-state index is 0.0343. The molecule has 0 atom stereocenters. The summed E-state index contributed by atoms with van der Waals surface area (Å²) in [6.07, 6.45) is 2.33. The molecule has 2 N–H and O–H groups in total. The molecule has 0 unspecified atom stereocenters. The van der Waals surface area contributed by atoms with Gasteiger partial charge in [0.25, 0.3) is 0 Å². The van der Waals surface area contributed by atoms with E-state index in [1.165, 1.54) is 6.20 Å². The molecule has 0 saturated heterocycles. The predicted octanol–water partition coefficient (Wildman–Crippen LogP) is 0.292. The van der Waals surface area contributed by atoms with Gasteiger partial charge in [0.15, 0.2) is 0 Å². The second kappa shape index (κ2) is 5.07. The van der Waals surface area contributed by atoms with Gasteiger partial charge in [0.2, 0.25) is 10.0 Å². The van der Waals surface area contributed by atoms with Crippen LogP contribution in [0.15, 0.2) is 17.3 Å². The minimum Gasteiger partial charge on any atom is -0.480 e. The highest BCUT2D eigenvalue weighted by Crippen LogP contribution is 2.13. The zero-order valence-corrected chi connectivity index (χ0v) is 11.4. The van der Waals surface area contributed by atoms with E-state index in [4.69, 9.17) is 5.11 Å². The van der Waals surface area contributed by atoms with Gasteiger partial charge < -0.3 is 5.11 Å². The van der Waals surface area contributed by atoms with Gasteiger partial charge in [0.05, 0.1) is 6.20 Å². The van der Waals surface area contributed by atoms with Gasteiger partial charge in [-0.05, 0) is 5.41 Å². The first kappa shape index (κ1) is 14.7. The van der Waals surface area contributed by atoms with Crippen molar-refractivity contribution in [3.8, 4) is 0 Å². The van der Waals surface area contributed by atoms with Crippen molar-refractivity contribution in [3.05, 3.63) is 12.4 Å². The van der Waals surface area contributed by atoms with E-state index in [2.05, 4.69) is 9.82 Å². The maximum absolute atomic E-state index is 11.9. The van der Waals surface area contributed by atoms with E-state index in [9.17, 15) is 13.2 Å². The smallest absolute Gasteiger partial charge is 0.325 e.